The highest BCUT2D eigenvalue weighted by Gasteiger charge is 2.55. The number of rotatable bonds is 18. The van der Waals surface area contributed by atoms with Gasteiger partial charge in [0.2, 0.25) is 41.7 Å². The highest BCUT2D eigenvalue weighted by atomic mass is 16.8. The lowest BCUT2D eigenvalue weighted by atomic mass is 9.92. The standard InChI is InChI=1S/C59H86N12O25/c1-22(2)13-35-90-21-33-49(95-35)44(81)47(84)57(94-33)96-48-32(20-74)93-56(46(83)43(48)80)91-26-11-9-24(10-12-26)14-27-51(86)69-37(39(76)28-15-63-58(60)67-28)54(89)70-38(40(77)30-16-64-59(61)71(30)55-45(82)42(79)41(78)31(19-73)92-55)53(88)66-29(18-72)50(85)62-17-34(75)68-36(52(87)65-27)23(3)25-7-5-4-6-8-25/h4-12,22-23,27-33,35-49,55-57,72-74,76-84H,13-21H2,1-3H3,(H2,61,64)(H,62,85)(H,65,87)(H,66,88)(H,68,75)(H,69,86)(H,70,89)(H3,60,63,67). The van der Waals surface area contributed by atoms with Gasteiger partial charge >= 0.3 is 0 Å². The number of hydrogen-bond acceptors (Lipinski definition) is 31. The van der Waals surface area contributed by atoms with Gasteiger partial charge in [0.15, 0.2) is 30.7 Å². The number of aliphatic imine (C=N–C) groups is 2. The molecule has 7 heterocycles. The van der Waals surface area contributed by atoms with Crippen molar-refractivity contribution in [3.05, 3.63) is 65.7 Å². The molecule has 37 nitrogen and oxygen atoms in total. The summed E-state index contributed by atoms with van der Waals surface area (Å²) in [4.78, 5) is 96.4. The minimum Gasteiger partial charge on any atom is -0.462 e. The van der Waals surface area contributed by atoms with E-state index >= 15 is 9.59 Å². The monoisotopic (exact) mass is 1360 g/mol. The van der Waals surface area contributed by atoms with E-state index in [0.717, 1.165) is 4.90 Å². The number of nitrogens with one attached hydrogen (secondary N) is 7. The van der Waals surface area contributed by atoms with E-state index < -0.39 is 239 Å². The number of aliphatic hydroxyl groups excluding tert-OH is 12. The van der Waals surface area contributed by atoms with Crippen molar-refractivity contribution in [2.24, 2.45) is 27.4 Å². The van der Waals surface area contributed by atoms with Crippen molar-refractivity contribution in [2.75, 3.05) is 46.1 Å². The van der Waals surface area contributed by atoms with Gasteiger partial charge < -0.3 is 148 Å². The molecule has 96 heavy (non-hydrogen) atoms. The first kappa shape index (κ1) is 73.1. The molecule has 7 aliphatic heterocycles. The van der Waals surface area contributed by atoms with Crippen molar-refractivity contribution in [3.8, 4) is 5.75 Å². The second-order valence-electron chi connectivity index (χ2n) is 24.9. The quantitative estimate of drug-likeness (QED) is 0.0659. The third-order valence-corrected chi connectivity index (χ3v) is 17.7. The summed E-state index contributed by atoms with van der Waals surface area (Å²) in [7, 11) is 0. The zero-order valence-corrected chi connectivity index (χ0v) is 52.3. The highest BCUT2D eigenvalue weighted by molar-refractivity contribution is 5.98. The van der Waals surface area contributed by atoms with Crippen molar-refractivity contribution in [1.29, 1.82) is 0 Å². The Morgan fingerprint density at radius 2 is 1.26 bits per heavy atom. The van der Waals surface area contributed by atoms with Gasteiger partial charge in [0, 0.05) is 18.8 Å². The Morgan fingerprint density at radius 3 is 1.92 bits per heavy atom. The maximum atomic E-state index is 15.2. The van der Waals surface area contributed by atoms with E-state index in [-0.39, 0.29) is 36.3 Å². The van der Waals surface area contributed by atoms with Crippen LogP contribution in [0.4, 0.5) is 0 Å². The minimum atomic E-state index is -2.34. The second-order valence-corrected chi connectivity index (χ2v) is 24.9. The Hall–Kier alpha value is -7.12. The van der Waals surface area contributed by atoms with Gasteiger partial charge in [0.05, 0.1) is 58.1 Å². The van der Waals surface area contributed by atoms with Gasteiger partial charge in [-0.05, 0) is 29.2 Å². The summed E-state index contributed by atoms with van der Waals surface area (Å²) < 4.78 is 41.0. The molecule has 2 aromatic carbocycles. The maximum absolute atomic E-state index is 15.2. The third-order valence-electron chi connectivity index (χ3n) is 17.7. The van der Waals surface area contributed by atoms with Gasteiger partial charge in [-0.1, -0.05) is 63.2 Å². The van der Waals surface area contributed by atoms with E-state index in [0.29, 0.717) is 12.0 Å². The van der Waals surface area contributed by atoms with Gasteiger partial charge in [-0.3, -0.25) is 38.8 Å². The van der Waals surface area contributed by atoms with Crippen molar-refractivity contribution < 1.29 is 123 Å². The molecule has 0 saturated carbocycles. The first-order chi connectivity index (χ1) is 45.7. The minimum absolute atomic E-state index is 0.0361. The van der Waals surface area contributed by atoms with Gasteiger partial charge in [-0.15, -0.1) is 0 Å². The first-order valence-corrected chi connectivity index (χ1v) is 31.3. The van der Waals surface area contributed by atoms with Crippen LogP contribution in [0.1, 0.15) is 44.2 Å². The summed E-state index contributed by atoms with van der Waals surface area (Å²) in [6.07, 6.45) is -29.5. The van der Waals surface area contributed by atoms with Gasteiger partial charge in [0.1, 0.15) is 121 Å². The number of guanidine groups is 2. The average molecular weight is 1360 g/mol. The molecular weight excluding hydrogens is 1280 g/mol. The number of nitrogens with two attached hydrogens (primary N) is 2. The molecule has 532 valence electrons. The number of carbonyl (C=O) groups is 6. The van der Waals surface area contributed by atoms with Gasteiger partial charge in [-0.25, -0.2) is 0 Å². The summed E-state index contributed by atoms with van der Waals surface area (Å²) in [6.45, 7) is 0.823. The van der Waals surface area contributed by atoms with Crippen LogP contribution < -0.4 is 53.4 Å². The molecule has 5 saturated heterocycles. The maximum Gasteiger partial charge on any atom is 0.246 e. The molecule has 2 aromatic rings. The van der Waals surface area contributed by atoms with E-state index in [1.54, 1.807) is 37.3 Å². The van der Waals surface area contributed by atoms with Crippen LogP contribution in [-0.4, -0.2) is 312 Å². The molecule has 0 aliphatic carbocycles. The van der Waals surface area contributed by atoms with Crippen molar-refractivity contribution in [1.82, 2.24) is 42.1 Å². The van der Waals surface area contributed by atoms with Crippen LogP contribution in [0.25, 0.3) is 0 Å². The average Bonchev–Trinajstić information content (AvgIpc) is 1.35. The molecule has 26 unspecified atom stereocenters. The zero-order chi connectivity index (χ0) is 69.6. The molecule has 5 fully saturated rings. The fraction of sp³-hybridized carbons (Fsp3) is 0.661. The van der Waals surface area contributed by atoms with Crippen molar-refractivity contribution in [2.45, 2.75) is 192 Å². The fourth-order valence-corrected chi connectivity index (χ4v) is 12.3. The Kier molecular flexibility index (Phi) is 24.4. The Labute approximate surface area is 548 Å². The Balaban J connectivity index is 0.991. The molecule has 0 bridgehead atoms. The number of ether oxygens (including phenoxy) is 7. The van der Waals surface area contributed by atoms with Crippen LogP contribution in [0.5, 0.6) is 5.75 Å². The number of aliphatic hydroxyl groups is 12. The summed E-state index contributed by atoms with van der Waals surface area (Å²) in [5.41, 5.74) is 12.9. The van der Waals surface area contributed by atoms with Crippen LogP contribution in [0.2, 0.25) is 0 Å². The fourth-order valence-electron chi connectivity index (χ4n) is 12.3. The van der Waals surface area contributed by atoms with Crippen molar-refractivity contribution in [3.63, 3.8) is 0 Å². The lowest BCUT2D eigenvalue weighted by Crippen LogP contribution is -2.70. The normalized spacial score (nSPS) is 37.8. The largest absolute Gasteiger partial charge is 0.462 e. The van der Waals surface area contributed by atoms with E-state index in [4.69, 9.17) is 44.6 Å². The molecule has 0 radical (unpaired) electrons. The lowest BCUT2D eigenvalue weighted by Gasteiger charge is -2.48. The van der Waals surface area contributed by atoms with E-state index in [1.807, 2.05) is 13.8 Å². The van der Waals surface area contributed by atoms with E-state index in [9.17, 15) is 80.5 Å². The Bertz CT molecular complexity index is 3070. The number of fused-ring (bicyclic) bond motifs is 1. The predicted molar refractivity (Wildman–Crippen MR) is 324 cm³/mol. The molecule has 26 atom stereocenters. The van der Waals surface area contributed by atoms with E-state index in [2.05, 4.69) is 47.2 Å². The van der Waals surface area contributed by atoms with Gasteiger partial charge in [0.25, 0.3) is 0 Å². The topological polar surface area (TPSA) is 574 Å². The number of amides is 6. The zero-order valence-electron chi connectivity index (χ0n) is 52.3. The summed E-state index contributed by atoms with van der Waals surface area (Å²) in [5, 5.41) is 150. The number of carbonyl (C=O) groups excluding carboxylic acids is 6. The summed E-state index contributed by atoms with van der Waals surface area (Å²) in [6, 6.07) is 1.07. The molecular formula is C59H86N12O25. The summed E-state index contributed by atoms with van der Waals surface area (Å²) in [5.74, 6) is -8.68. The molecule has 0 spiro atoms. The Morgan fingerprint density at radius 1 is 0.615 bits per heavy atom. The predicted octanol–water partition coefficient (Wildman–Crippen LogP) is -11.2. The SMILES string of the molecule is CC(C)CC1OCC2OC(OC3C(CO)OC(Oc4ccc(CC5NC(=O)C(C(C)c6ccccc6)NC(=O)CNC(=O)C(CO)NC(=O)C(C(O)C6CN=C(N)N6C6OC(CO)C(O)C(O)C6O)NC(=O)C(C(O)C6CN=C(N)N6)NC5=O)cc4)C(O)C3O)C(O)C(O)C2O1. The molecule has 7 aliphatic rings. The van der Waals surface area contributed by atoms with Crippen LogP contribution in [0.15, 0.2) is 64.6 Å². The summed E-state index contributed by atoms with van der Waals surface area (Å²) >= 11 is 0. The lowest BCUT2D eigenvalue weighted by molar-refractivity contribution is -0.382. The van der Waals surface area contributed by atoms with Crippen LogP contribution >= 0.6 is 0 Å². The molecule has 37 heteroatoms. The molecule has 6 amide bonds. The third kappa shape index (κ3) is 16.5. The van der Waals surface area contributed by atoms with Crippen LogP contribution in [0.3, 0.4) is 0 Å². The molecule has 23 N–H and O–H groups in total. The van der Waals surface area contributed by atoms with Crippen LogP contribution in [0, 0.1) is 5.92 Å². The van der Waals surface area contributed by atoms with Crippen LogP contribution in [-0.2, 0) is 63.6 Å². The van der Waals surface area contributed by atoms with E-state index in [1.165, 1.54) is 24.3 Å². The molecule has 9 rings (SSSR count). The second kappa shape index (κ2) is 32.0. The highest BCUT2D eigenvalue weighted by Crippen LogP contribution is 2.35. The number of benzene rings is 2. The van der Waals surface area contributed by atoms with Crippen molar-refractivity contribution >= 4 is 47.4 Å². The first-order valence-electron chi connectivity index (χ1n) is 31.3. The number of nitrogens with zero attached hydrogens (tertiary/aromatic N) is 3. The molecule has 0 aromatic heterocycles. The smallest absolute Gasteiger partial charge is 0.246 e. The number of hydrogen-bond donors (Lipinski definition) is 21. The van der Waals surface area contributed by atoms with Gasteiger partial charge in [-0.2, -0.15) is 0 Å².